The highest BCUT2D eigenvalue weighted by Crippen LogP contribution is 2.11. The van der Waals surface area contributed by atoms with Crippen LogP contribution in [0.1, 0.15) is 17.5 Å². The van der Waals surface area contributed by atoms with Gasteiger partial charge in [-0.25, -0.2) is 0 Å². The van der Waals surface area contributed by atoms with Crippen LogP contribution >= 0.6 is 0 Å². The molecule has 0 heterocycles. The molecular weight excluding hydrogens is 268 g/mol. The first-order valence-electron chi connectivity index (χ1n) is 5.78. The average Bonchev–Trinajstić information content (AvgIpc) is 2.34. The van der Waals surface area contributed by atoms with Crippen LogP contribution in [0.5, 0.6) is 0 Å². The molecule has 1 aromatic rings. The second-order valence-electron chi connectivity index (χ2n) is 4.27. The number of hydrogen-bond acceptors (Lipinski definition) is 3. The summed E-state index contributed by atoms with van der Waals surface area (Å²) in [6, 6.07) is 7.20. The van der Waals surface area contributed by atoms with Crippen molar-refractivity contribution in [2.24, 2.45) is 0 Å². The van der Waals surface area contributed by atoms with Crippen LogP contribution in [-0.4, -0.2) is 37.9 Å². The topological polar surface area (TPSA) is 86.7 Å². The number of carboxylic acid groups (broad SMARTS) is 1. The highest BCUT2D eigenvalue weighted by molar-refractivity contribution is 7.87. The molecule has 0 fully saturated rings. The van der Waals surface area contributed by atoms with Crippen molar-refractivity contribution in [3.8, 4) is 0 Å². The minimum absolute atomic E-state index is 0.0252. The van der Waals surface area contributed by atoms with Crippen LogP contribution in [0, 0.1) is 0 Å². The van der Waals surface area contributed by atoms with Crippen LogP contribution in [0.4, 0.5) is 0 Å². The third kappa shape index (κ3) is 4.98. The first-order valence-corrected chi connectivity index (χ1v) is 7.22. The molecule has 0 aliphatic heterocycles. The maximum absolute atomic E-state index is 11.6. The van der Waals surface area contributed by atoms with Gasteiger partial charge in [0.15, 0.2) is 0 Å². The average molecular weight is 286 g/mol. The number of benzene rings is 1. The molecule has 0 amide bonds. The van der Waals surface area contributed by atoms with Gasteiger partial charge in [-0.3, -0.25) is 4.79 Å². The summed E-state index contributed by atoms with van der Waals surface area (Å²) in [5.74, 6) is -0.872. The van der Waals surface area contributed by atoms with Crippen molar-refractivity contribution < 1.29 is 18.3 Å². The summed E-state index contributed by atoms with van der Waals surface area (Å²) in [6.07, 6.45) is 0.409. The molecule has 6 nitrogen and oxygen atoms in total. The summed E-state index contributed by atoms with van der Waals surface area (Å²) in [4.78, 5) is 10.6. The van der Waals surface area contributed by atoms with Crippen LogP contribution in [-0.2, 0) is 28.0 Å². The van der Waals surface area contributed by atoms with Crippen molar-refractivity contribution in [3.63, 3.8) is 0 Å². The van der Waals surface area contributed by atoms with Crippen LogP contribution in [0.3, 0.4) is 0 Å². The number of aryl methyl sites for hydroxylation is 1. The summed E-state index contributed by atoms with van der Waals surface area (Å²) in [5.41, 5.74) is 1.63. The van der Waals surface area contributed by atoms with Gasteiger partial charge in [0.1, 0.15) is 0 Å². The highest BCUT2D eigenvalue weighted by atomic mass is 32.2. The first kappa shape index (κ1) is 15.6. The molecule has 0 aliphatic rings. The summed E-state index contributed by atoms with van der Waals surface area (Å²) in [6.45, 7) is 0.149. The zero-order valence-electron chi connectivity index (χ0n) is 11.0. The third-order valence-corrected chi connectivity index (χ3v) is 4.12. The second-order valence-corrected chi connectivity index (χ2v) is 6.24. The minimum atomic E-state index is -3.48. The van der Waals surface area contributed by atoms with Gasteiger partial charge in [-0.05, 0) is 17.5 Å². The predicted molar refractivity (Wildman–Crippen MR) is 71.8 cm³/mol. The molecule has 0 bridgehead atoms. The molecule has 0 saturated carbocycles. The Kier molecular flexibility index (Phi) is 5.46. The molecule has 2 N–H and O–H groups in total. The van der Waals surface area contributed by atoms with E-state index in [2.05, 4.69) is 4.72 Å². The van der Waals surface area contributed by atoms with E-state index in [0.29, 0.717) is 6.42 Å². The molecule has 0 aromatic heterocycles. The Morgan fingerprint density at radius 1 is 1.26 bits per heavy atom. The fourth-order valence-corrected chi connectivity index (χ4v) is 2.11. The number of carboxylic acids is 1. The quantitative estimate of drug-likeness (QED) is 0.768. The summed E-state index contributed by atoms with van der Waals surface area (Å²) in [5, 5.41) is 8.68. The molecule has 19 heavy (non-hydrogen) atoms. The van der Waals surface area contributed by atoms with Crippen molar-refractivity contribution in [2.75, 3.05) is 14.1 Å². The minimum Gasteiger partial charge on any atom is -0.481 e. The number of aliphatic carboxylic acids is 1. The van der Waals surface area contributed by atoms with E-state index >= 15 is 0 Å². The van der Waals surface area contributed by atoms with E-state index in [4.69, 9.17) is 5.11 Å². The Morgan fingerprint density at radius 3 is 2.37 bits per heavy atom. The Hall–Kier alpha value is -1.44. The van der Waals surface area contributed by atoms with Gasteiger partial charge in [-0.2, -0.15) is 17.4 Å². The number of rotatable bonds is 7. The van der Waals surface area contributed by atoms with Crippen molar-refractivity contribution >= 4 is 16.2 Å². The van der Waals surface area contributed by atoms with Crippen molar-refractivity contribution in [2.45, 2.75) is 19.4 Å². The fourth-order valence-electron chi connectivity index (χ4n) is 1.51. The van der Waals surface area contributed by atoms with Crippen LogP contribution in [0.15, 0.2) is 24.3 Å². The lowest BCUT2D eigenvalue weighted by Gasteiger charge is -2.14. The van der Waals surface area contributed by atoms with Crippen molar-refractivity contribution in [3.05, 3.63) is 35.4 Å². The lowest BCUT2D eigenvalue weighted by molar-refractivity contribution is -0.136. The Labute approximate surface area is 113 Å². The maximum atomic E-state index is 11.6. The zero-order chi connectivity index (χ0) is 14.5. The van der Waals surface area contributed by atoms with Crippen LogP contribution in [0.2, 0.25) is 0 Å². The van der Waals surface area contributed by atoms with Crippen molar-refractivity contribution in [1.29, 1.82) is 0 Å². The lowest BCUT2D eigenvalue weighted by atomic mass is 10.0. The number of carbonyl (C=O) groups is 1. The van der Waals surface area contributed by atoms with Crippen LogP contribution < -0.4 is 4.72 Å². The monoisotopic (exact) mass is 286 g/mol. The second kappa shape index (κ2) is 6.65. The molecule has 0 unspecified atom stereocenters. The molecule has 7 heteroatoms. The molecule has 0 atom stereocenters. The van der Waals surface area contributed by atoms with E-state index in [1.807, 2.05) is 6.07 Å². The number of hydrogen-bond donors (Lipinski definition) is 2. The van der Waals surface area contributed by atoms with Crippen molar-refractivity contribution in [1.82, 2.24) is 9.03 Å². The van der Waals surface area contributed by atoms with Gasteiger partial charge in [-0.15, -0.1) is 0 Å². The molecule has 0 saturated heterocycles. The van der Waals surface area contributed by atoms with E-state index in [0.717, 1.165) is 15.4 Å². The molecule has 0 radical (unpaired) electrons. The lowest BCUT2D eigenvalue weighted by Crippen LogP contribution is -2.35. The normalized spacial score (nSPS) is 11.7. The van der Waals surface area contributed by atoms with E-state index in [9.17, 15) is 13.2 Å². The van der Waals surface area contributed by atoms with Gasteiger partial charge in [-0.1, -0.05) is 24.3 Å². The first-order chi connectivity index (χ1) is 8.83. The molecule has 0 aliphatic carbocycles. The number of nitrogens with zero attached hydrogens (tertiary/aromatic N) is 1. The predicted octanol–water partition coefficient (Wildman–Crippen LogP) is 0.600. The standard InChI is InChI=1S/C12H18N2O4S/c1-14(2)19(17,18)13-9-11-6-4-3-5-10(11)7-8-12(15)16/h3-6,13H,7-9H2,1-2H3,(H,15,16). The Balaban J connectivity index is 2.76. The van der Waals surface area contributed by atoms with Gasteiger partial charge in [0.25, 0.3) is 10.2 Å². The molecular formula is C12H18N2O4S. The molecule has 1 aromatic carbocycles. The summed E-state index contributed by atoms with van der Waals surface area (Å²) in [7, 11) is -0.591. The third-order valence-electron chi connectivity index (χ3n) is 2.65. The van der Waals surface area contributed by atoms with E-state index < -0.39 is 16.2 Å². The zero-order valence-corrected chi connectivity index (χ0v) is 11.8. The molecule has 106 valence electrons. The Morgan fingerprint density at radius 2 is 1.84 bits per heavy atom. The van der Waals surface area contributed by atoms with Gasteiger partial charge < -0.3 is 5.11 Å². The van der Waals surface area contributed by atoms with E-state index in [1.165, 1.54) is 14.1 Å². The molecule has 0 spiro atoms. The fraction of sp³-hybridized carbons (Fsp3) is 0.417. The smallest absolute Gasteiger partial charge is 0.303 e. The van der Waals surface area contributed by atoms with Gasteiger partial charge in [0.2, 0.25) is 0 Å². The highest BCUT2D eigenvalue weighted by Gasteiger charge is 2.13. The van der Waals surface area contributed by atoms with Gasteiger partial charge in [0, 0.05) is 27.1 Å². The maximum Gasteiger partial charge on any atom is 0.303 e. The van der Waals surface area contributed by atoms with E-state index in [-0.39, 0.29) is 13.0 Å². The Bertz CT molecular complexity index is 540. The largest absolute Gasteiger partial charge is 0.481 e. The summed E-state index contributed by atoms with van der Waals surface area (Å²) < 4.78 is 26.7. The summed E-state index contributed by atoms with van der Waals surface area (Å²) >= 11 is 0. The molecule has 1 rings (SSSR count). The number of nitrogens with one attached hydrogen (secondary N) is 1. The van der Waals surface area contributed by atoms with E-state index in [1.54, 1.807) is 18.2 Å². The van der Waals surface area contributed by atoms with Crippen LogP contribution in [0.25, 0.3) is 0 Å². The SMILES string of the molecule is CN(C)S(=O)(=O)NCc1ccccc1CCC(=O)O. The van der Waals surface area contributed by atoms with Gasteiger partial charge in [0.05, 0.1) is 0 Å². The van der Waals surface area contributed by atoms with Gasteiger partial charge >= 0.3 is 5.97 Å².